The van der Waals surface area contributed by atoms with Crippen molar-refractivity contribution >= 4 is 23.2 Å². The number of halogens is 2. The molecule has 0 fully saturated rings. The first kappa shape index (κ1) is 16.8. The standard InChI is InChI=1S/C17H16Cl2N4O/c1-11(20-2)14-9-12(23-21-7-8-22-23)3-6-17(14)24-13-4-5-15(18)16(19)10-13/h3-11,20H,1-2H3. The summed E-state index contributed by atoms with van der Waals surface area (Å²) in [6.45, 7) is 2.05. The van der Waals surface area contributed by atoms with Crippen LogP contribution in [0.25, 0.3) is 5.69 Å². The molecule has 5 nitrogen and oxygen atoms in total. The molecular weight excluding hydrogens is 347 g/mol. The van der Waals surface area contributed by atoms with Gasteiger partial charge in [0, 0.05) is 17.7 Å². The van der Waals surface area contributed by atoms with Gasteiger partial charge in [-0.15, -0.1) is 0 Å². The third-order valence-electron chi connectivity index (χ3n) is 3.66. The van der Waals surface area contributed by atoms with Gasteiger partial charge in [0.1, 0.15) is 11.5 Å². The Balaban J connectivity index is 1.98. The van der Waals surface area contributed by atoms with E-state index in [0.717, 1.165) is 17.0 Å². The average molecular weight is 363 g/mol. The number of hydrogen-bond donors (Lipinski definition) is 1. The lowest BCUT2D eigenvalue weighted by Gasteiger charge is -2.17. The van der Waals surface area contributed by atoms with Crippen molar-refractivity contribution in [1.29, 1.82) is 0 Å². The highest BCUT2D eigenvalue weighted by atomic mass is 35.5. The summed E-state index contributed by atoms with van der Waals surface area (Å²) < 4.78 is 6.01. The highest BCUT2D eigenvalue weighted by Gasteiger charge is 2.14. The fourth-order valence-corrected chi connectivity index (χ4v) is 2.55. The number of aromatic nitrogens is 3. The van der Waals surface area contributed by atoms with Gasteiger partial charge in [-0.1, -0.05) is 23.2 Å². The Hall–Kier alpha value is -2.08. The summed E-state index contributed by atoms with van der Waals surface area (Å²) in [4.78, 5) is 1.56. The van der Waals surface area contributed by atoms with E-state index in [4.69, 9.17) is 27.9 Å². The predicted octanol–water partition coefficient (Wildman–Crippen LogP) is 4.65. The highest BCUT2D eigenvalue weighted by Crippen LogP contribution is 2.34. The van der Waals surface area contributed by atoms with Crippen molar-refractivity contribution in [1.82, 2.24) is 20.3 Å². The van der Waals surface area contributed by atoms with E-state index in [2.05, 4.69) is 22.4 Å². The third-order valence-corrected chi connectivity index (χ3v) is 4.40. The van der Waals surface area contributed by atoms with Crippen LogP contribution in [0.3, 0.4) is 0 Å². The summed E-state index contributed by atoms with van der Waals surface area (Å²) in [5, 5.41) is 12.5. The summed E-state index contributed by atoms with van der Waals surface area (Å²) >= 11 is 12.0. The maximum Gasteiger partial charge on any atom is 0.132 e. The number of rotatable bonds is 5. The van der Waals surface area contributed by atoms with Gasteiger partial charge in [0.05, 0.1) is 28.1 Å². The van der Waals surface area contributed by atoms with Gasteiger partial charge in [0.2, 0.25) is 0 Å². The molecule has 0 radical (unpaired) electrons. The van der Waals surface area contributed by atoms with Gasteiger partial charge < -0.3 is 10.1 Å². The smallest absolute Gasteiger partial charge is 0.132 e. The molecule has 2 aromatic carbocycles. The van der Waals surface area contributed by atoms with Crippen molar-refractivity contribution in [3.05, 3.63) is 64.4 Å². The molecule has 0 saturated heterocycles. The van der Waals surface area contributed by atoms with Crippen LogP contribution in [-0.4, -0.2) is 22.0 Å². The minimum absolute atomic E-state index is 0.0817. The third kappa shape index (κ3) is 3.53. The molecule has 1 N–H and O–H groups in total. The van der Waals surface area contributed by atoms with Crippen LogP contribution in [0.15, 0.2) is 48.8 Å². The van der Waals surface area contributed by atoms with Crippen molar-refractivity contribution in [2.75, 3.05) is 7.05 Å². The second-order valence-electron chi connectivity index (χ2n) is 5.23. The molecule has 0 spiro atoms. The van der Waals surface area contributed by atoms with E-state index in [1.54, 1.807) is 35.4 Å². The largest absolute Gasteiger partial charge is 0.457 e. The molecule has 0 aliphatic rings. The predicted molar refractivity (Wildman–Crippen MR) is 95.4 cm³/mol. The Kier molecular flexibility index (Phi) is 5.04. The molecule has 3 aromatic rings. The average Bonchev–Trinajstić information content (AvgIpc) is 3.12. The van der Waals surface area contributed by atoms with E-state index in [1.165, 1.54) is 0 Å². The van der Waals surface area contributed by atoms with Crippen LogP contribution in [-0.2, 0) is 0 Å². The van der Waals surface area contributed by atoms with Crippen molar-refractivity contribution in [3.63, 3.8) is 0 Å². The van der Waals surface area contributed by atoms with Crippen LogP contribution >= 0.6 is 23.2 Å². The van der Waals surface area contributed by atoms with E-state index in [0.29, 0.717) is 15.8 Å². The highest BCUT2D eigenvalue weighted by molar-refractivity contribution is 6.42. The van der Waals surface area contributed by atoms with Gasteiger partial charge in [-0.2, -0.15) is 15.0 Å². The maximum atomic E-state index is 6.06. The Bertz CT molecular complexity index is 837. The van der Waals surface area contributed by atoms with E-state index in [1.807, 2.05) is 25.2 Å². The van der Waals surface area contributed by atoms with Gasteiger partial charge in [-0.25, -0.2) is 0 Å². The molecule has 0 amide bonds. The summed E-state index contributed by atoms with van der Waals surface area (Å²) in [6, 6.07) is 11.1. The fourth-order valence-electron chi connectivity index (χ4n) is 2.26. The molecule has 0 aliphatic carbocycles. The van der Waals surface area contributed by atoms with E-state index in [9.17, 15) is 0 Å². The fraction of sp³-hybridized carbons (Fsp3) is 0.176. The van der Waals surface area contributed by atoms with Crippen molar-refractivity contribution in [2.24, 2.45) is 0 Å². The van der Waals surface area contributed by atoms with Crippen LogP contribution in [0.1, 0.15) is 18.5 Å². The lowest BCUT2D eigenvalue weighted by atomic mass is 10.1. The van der Waals surface area contributed by atoms with Crippen LogP contribution in [0.4, 0.5) is 0 Å². The molecule has 24 heavy (non-hydrogen) atoms. The molecule has 1 aromatic heterocycles. The summed E-state index contributed by atoms with van der Waals surface area (Å²) in [6.07, 6.45) is 3.28. The van der Waals surface area contributed by atoms with Gasteiger partial charge in [-0.3, -0.25) is 0 Å². The summed E-state index contributed by atoms with van der Waals surface area (Å²) in [7, 11) is 1.90. The zero-order chi connectivity index (χ0) is 17.1. The number of nitrogens with one attached hydrogen (secondary N) is 1. The molecule has 7 heteroatoms. The van der Waals surface area contributed by atoms with Crippen LogP contribution in [0.2, 0.25) is 10.0 Å². The van der Waals surface area contributed by atoms with Crippen molar-refractivity contribution in [3.8, 4) is 17.2 Å². The normalized spacial score (nSPS) is 12.2. The summed E-state index contributed by atoms with van der Waals surface area (Å²) in [5.41, 5.74) is 1.84. The van der Waals surface area contributed by atoms with Crippen molar-refractivity contribution in [2.45, 2.75) is 13.0 Å². The minimum atomic E-state index is 0.0817. The SMILES string of the molecule is CNC(C)c1cc(-n2nccn2)ccc1Oc1ccc(Cl)c(Cl)c1. The van der Waals surface area contributed by atoms with Crippen LogP contribution in [0.5, 0.6) is 11.5 Å². The van der Waals surface area contributed by atoms with E-state index >= 15 is 0 Å². The number of nitrogens with zero attached hydrogens (tertiary/aromatic N) is 3. The first-order chi connectivity index (χ1) is 11.6. The molecule has 3 rings (SSSR count). The molecule has 1 unspecified atom stereocenters. The van der Waals surface area contributed by atoms with Crippen LogP contribution < -0.4 is 10.1 Å². The van der Waals surface area contributed by atoms with E-state index in [-0.39, 0.29) is 6.04 Å². The molecule has 1 atom stereocenters. The second-order valence-corrected chi connectivity index (χ2v) is 6.04. The van der Waals surface area contributed by atoms with E-state index < -0.39 is 0 Å². The second kappa shape index (κ2) is 7.21. The Labute approximate surface area is 150 Å². The van der Waals surface area contributed by atoms with Crippen LogP contribution in [0, 0.1) is 0 Å². The topological polar surface area (TPSA) is 52.0 Å². The molecule has 0 aliphatic heterocycles. The zero-order valence-corrected chi connectivity index (χ0v) is 14.7. The Morgan fingerprint density at radius 1 is 1.04 bits per heavy atom. The van der Waals surface area contributed by atoms with Gasteiger partial charge in [0.25, 0.3) is 0 Å². The molecule has 0 bridgehead atoms. The molecular formula is C17H16Cl2N4O. The minimum Gasteiger partial charge on any atom is -0.457 e. The van der Waals surface area contributed by atoms with Gasteiger partial charge in [-0.05, 0) is 44.3 Å². The van der Waals surface area contributed by atoms with Gasteiger partial charge >= 0.3 is 0 Å². The zero-order valence-electron chi connectivity index (χ0n) is 13.2. The lowest BCUT2D eigenvalue weighted by molar-refractivity contribution is 0.466. The maximum absolute atomic E-state index is 6.06. The number of benzene rings is 2. The quantitative estimate of drug-likeness (QED) is 0.717. The molecule has 124 valence electrons. The van der Waals surface area contributed by atoms with Gasteiger partial charge in [0.15, 0.2) is 0 Å². The Morgan fingerprint density at radius 2 is 1.79 bits per heavy atom. The first-order valence-corrected chi connectivity index (χ1v) is 8.15. The molecule has 1 heterocycles. The molecule has 0 saturated carbocycles. The first-order valence-electron chi connectivity index (χ1n) is 7.39. The lowest BCUT2D eigenvalue weighted by Crippen LogP contribution is -2.14. The number of ether oxygens (including phenoxy) is 1. The number of hydrogen-bond acceptors (Lipinski definition) is 4. The Morgan fingerprint density at radius 3 is 2.46 bits per heavy atom. The summed E-state index contributed by atoms with van der Waals surface area (Å²) in [5.74, 6) is 1.35. The monoisotopic (exact) mass is 362 g/mol. The van der Waals surface area contributed by atoms with Crippen molar-refractivity contribution < 1.29 is 4.74 Å².